The van der Waals surface area contributed by atoms with Crippen LogP contribution in [0.1, 0.15) is 296 Å². The zero-order chi connectivity index (χ0) is 71.8. The number of rotatable bonds is 62. The molecule has 19 nitrogen and oxygen atoms in total. The van der Waals surface area contributed by atoms with Gasteiger partial charge in [0.2, 0.25) is 5.91 Å². The Morgan fingerprint density at radius 2 is 0.707 bits per heavy atom. The molecule has 0 saturated carbocycles. The van der Waals surface area contributed by atoms with Crippen LogP contribution in [-0.2, 0) is 33.2 Å². The summed E-state index contributed by atoms with van der Waals surface area (Å²) in [4.78, 5) is 13.5. The highest BCUT2D eigenvalue weighted by Gasteiger charge is 2.53. The highest BCUT2D eigenvalue weighted by atomic mass is 16.8. The van der Waals surface area contributed by atoms with E-state index in [9.17, 15) is 61.0 Å². The SMILES string of the molecule is CC/C=C\C/C=C\C/C=C\C/C=C\CCCCCCCCCCCCCCCCCCCCCCCCC(=O)NC(COC1OC(CO)C(OC2OC(CO)C(OC3OC(CO)C(O)C(O)C3O)C(O)C2O)C(O)C1O)C(O)/C=C/CC/C=C/CCCCCCCCCCCCCCC. The Labute approximate surface area is 598 Å². The number of unbranched alkanes of at least 4 members (excludes halogenated alkanes) is 36. The fourth-order valence-electron chi connectivity index (χ4n) is 13.1. The standard InChI is InChI=1S/C80H143NO18/c1-3-5-7-9-11-13-15-17-19-21-23-24-25-26-27-28-29-30-31-32-33-34-35-36-37-38-40-42-44-46-48-50-52-54-56-58-68(86)81-63(64(85)57-55-53-51-49-47-45-43-41-39-22-20-18-16-14-12-10-8-6-4-2)62-94-78-74(92)71(89)76(66(60-83)96-78)99-80-75(93)72(90)77(67(61-84)97-80)98-79-73(91)70(88)69(87)65(59-82)95-79/h5,7,11,13,17,19,23-24,47,49,55,57,63-67,69-80,82-85,87-93H,3-4,6,8-10,12,14-16,18,20-22,25-46,48,50-54,56,58-62H2,1-2H3,(H,81,86)/b7-5-,13-11-,19-17-,24-23-,49-47+,57-55+. The van der Waals surface area contributed by atoms with Gasteiger partial charge in [0, 0.05) is 6.42 Å². The Kier molecular flexibility index (Phi) is 55.3. The zero-order valence-electron chi connectivity index (χ0n) is 61.5. The molecular formula is C80H143NO18. The smallest absolute Gasteiger partial charge is 0.220 e. The van der Waals surface area contributed by atoms with Gasteiger partial charge in [-0.05, 0) is 70.6 Å². The molecule has 0 aromatic rings. The molecule has 3 aliphatic rings. The van der Waals surface area contributed by atoms with E-state index >= 15 is 0 Å². The molecule has 0 spiro atoms. The van der Waals surface area contributed by atoms with E-state index in [2.05, 4.69) is 79.9 Å². The summed E-state index contributed by atoms with van der Waals surface area (Å²) >= 11 is 0. The molecule has 3 heterocycles. The highest BCUT2D eigenvalue weighted by molar-refractivity contribution is 5.76. The fraction of sp³-hybridized carbons (Fsp3) is 0.838. The number of nitrogens with one attached hydrogen (secondary N) is 1. The van der Waals surface area contributed by atoms with Gasteiger partial charge in [-0.2, -0.15) is 0 Å². The van der Waals surface area contributed by atoms with Gasteiger partial charge in [0.05, 0.1) is 38.6 Å². The van der Waals surface area contributed by atoms with Gasteiger partial charge >= 0.3 is 0 Å². The number of aliphatic hydroxyl groups is 11. The first-order chi connectivity index (χ1) is 48.3. The Morgan fingerprint density at radius 1 is 0.374 bits per heavy atom. The first-order valence-electron chi connectivity index (χ1n) is 39.7. The van der Waals surface area contributed by atoms with Gasteiger partial charge in [-0.3, -0.25) is 4.79 Å². The van der Waals surface area contributed by atoms with Crippen LogP contribution >= 0.6 is 0 Å². The summed E-state index contributed by atoms with van der Waals surface area (Å²) < 4.78 is 34.4. The van der Waals surface area contributed by atoms with Gasteiger partial charge in [0.1, 0.15) is 73.2 Å². The van der Waals surface area contributed by atoms with E-state index in [0.717, 1.165) is 64.2 Å². The molecule has 3 aliphatic heterocycles. The Hall–Kier alpha value is -2.77. The topological polar surface area (TPSA) is 307 Å². The number of aliphatic hydroxyl groups excluding tert-OH is 11. The maximum atomic E-state index is 13.5. The number of allylic oxidation sites excluding steroid dienone is 11. The van der Waals surface area contributed by atoms with E-state index in [-0.39, 0.29) is 18.9 Å². The van der Waals surface area contributed by atoms with Crippen LogP contribution in [0.25, 0.3) is 0 Å². The van der Waals surface area contributed by atoms with Crippen molar-refractivity contribution in [3.8, 4) is 0 Å². The quantitative estimate of drug-likeness (QED) is 0.0199. The van der Waals surface area contributed by atoms with Crippen molar-refractivity contribution >= 4 is 5.91 Å². The molecule has 576 valence electrons. The largest absolute Gasteiger partial charge is 0.394 e. The highest BCUT2D eigenvalue weighted by Crippen LogP contribution is 2.33. The summed E-state index contributed by atoms with van der Waals surface area (Å²) in [6, 6.07) is -0.992. The molecule has 0 aliphatic carbocycles. The minimum atomic E-state index is -1.98. The molecule has 19 heteroatoms. The number of amides is 1. The minimum Gasteiger partial charge on any atom is -0.394 e. The van der Waals surface area contributed by atoms with Crippen LogP contribution in [0.4, 0.5) is 0 Å². The van der Waals surface area contributed by atoms with E-state index in [1.165, 1.54) is 199 Å². The summed E-state index contributed by atoms with van der Waals surface area (Å²) in [6.07, 6.45) is 51.8. The molecular weight excluding hydrogens is 1260 g/mol. The minimum absolute atomic E-state index is 0.236. The molecule has 1 amide bonds. The van der Waals surface area contributed by atoms with Gasteiger partial charge < -0.3 is 89.9 Å². The summed E-state index contributed by atoms with van der Waals surface area (Å²) in [5, 5.41) is 121. The third kappa shape index (κ3) is 40.9. The van der Waals surface area contributed by atoms with Gasteiger partial charge in [-0.25, -0.2) is 0 Å². The van der Waals surface area contributed by atoms with Crippen molar-refractivity contribution in [3.63, 3.8) is 0 Å². The number of carbonyl (C=O) groups excluding carboxylic acids is 1. The number of hydrogen-bond donors (Lipinski definition) is 12. The van der Waals surface area contributed by atoms with E-state index in [1.54, 1.807) is 6.08 Å². The lowest BCUT2D eigenvalue weighted by molar-refractivity contribution is -0.379. The van der Waals surface area contributed by atoms with Crippen molar-refractivity contribution in [2.45, 2.75) is 401 Å². The molecule has 12 N–H and O–H groups in total. The van der Waals surface area contributed by atoms with Crippen molar-refractivity contribution in [1.82, 2.24) is 5.32 Å². The predicted molar refractivity (Wildman–Crippen MR) is 392 cm³/mol. The average molecular weight is 1410 g/mol. The second kappa shape index (κ2) is 60.5. The van der Waals surface area contributed by atoms with E-state index in [1.807, 2.05) is 6.08 Å². The first kappa shape index (κ1) is 90.4. The Morgan fingerprint density at radius 3 is 1.13 bits per heavy atom. The zero-order valence-corrected chi connectivity index (χ0v) is 61.5. The number of hydrogen-bond acceptors (Lipinski definition) is 18. The lowest BCUT2D eigenvalue weighted by Gasteiger charge is -2.48. The molecule has 17 unspecified atom stereocenters. The second-order valence-corrected chi connectivity index (χ2v) is 28.1. The molecule has 0 aromatic heterocycles. The maximum absolute atomic E-state index is 13.5. The normalized spacial score (nSPS) is 27.0. The molecule has 0 bridgehead atoms. The van der Waals surface area contributed by atoms with Crippen LogP contribution in [0.2, 0.25) is 0 Å². The monoisotopic (exact) mass is 1410 g/mol. The number of carbonyl (C=O) groups is 1. The van der Waals surface area contributed by atoms with Crippen LogP contribution in [0.5, 0.6) is 0 Å². The van der Waals surface area contributed by atoms with Gasteiger partial charge in [0.25, 0.3) is 0 Å². The molecule has 17 atom stereocenters. The van der Waals surface area contributed by atoms with Crippen molar-refractivity contribution < 1.29 is 89.4 Å². The predicted octanol–water partition coefficient (Wildman–Crippen LogP) is 12.8. The van der Waals surface area contributed by atoms with Gasteiger partial charge in [-0.1, -0.05) is 292 Å². The average Bonchev–Trinajstić information content (AvgIpc) is 0.784. The summed E-state index contributed by atoms with van der Waals surface area (Å²) in [5.74, 6) is -0.282. The summed E-state index contributed by atoms with van der Waals surface area (Å²) in [7, 11) is 0. The third-order valence-electron chi connectivity index (χ3n) is 19.5. The van der Waals surface area contributed by atoms with Crippen LogP contribution in [0.15, 0.2) is 72.9 Å². The van der Waals surface area contributed by atoms with E-state index in [4.69, 9.17) is 28.4 Å². The van der Waals surface area contributed by atoms with Crippen molar-refractivity contribution in [2.75, 3.05) is 26.4 Å². The first-order valence-corrected chi connectivity index (χ1v) is 39.7. The Bertz CT molecular complexity index is 2070. The molecule has 3 rings (SSSR count). The fourth-order valence-corrected chi connectivity index (χ4v) is 13.1. The Balaban J connectivity index is 1.35. The third-order valence-corrected chi connectivity index (χ3v) is 19.5. The maximum Gasteiger partial charge on any atom is 0.220 e. The second-order valence-electron chi connectivity index (χ2n) is 28.1. The molecule has 99 heavy (non-hydrogen) atoms. The van der Waals surface area contributed by atoms with Crippen LogP contribution in [0.3, 0.4) is 0 Å². The van der Waals surface area contributed by atoms with Gasteiger partial charge in [-0.15, -0.1) is 0 Å². The lowest BCUT2D eigenvalue weighted by atomic mass is 9.96. The molecule has 0 aromatic carbocycles. The van der Waals surface area contributed by atoms with Crippen LogP contribution in [-0.4, -0.2) is 193 Å². The molecule has 3 fully saturated rings. The van der Waals surface area contributed by atoms with Gasteiger partial charge in [0.15, 0.2) is 18.9 Å². The van der Waals surface area contributed by atoms with Crippen LogP contribution in [0, 0.1) is 0 Å². The summed E-state index contributed by atoms with van der Waals surface area (Å²) in [5.41, 5.74) is 0. The van der Waals surface area contributed by atoms with E-state index < -0.39 is 124 Å². The summed E-state index contributed by atoms with van der Waals surface area (Å²) in [6.45, 7) is 1.63. The van der Waals surface area contributed by atoms with Crippen LogP contribution < -0.4 is 5.32 Å². The van der Waals surface area contributed by atoms with Crippen molar-refractivity contribution in [3.05, 3.63) is 72.9 Å². The lowest BCUT2D eigenvalue weighted by Crippen LogP contribution is -2.66. The van der Waals surface area contributed by atoms with E-state index in [0.29, 0.717) is 12.8 Å². The molecule has 3 saturated heterocycles. The van der Waals surface area contributed by atoms with Crippen molar-refractivity contribution in [1.29, 1.82) is 0 Å². The van der Waals surface area contributed by atoms with Crippen molar-refractivity contribution in [2.24, 2.45) is 0 Å². The molecule has 0 radical (unpaired) electrons. The number of ether oxygens (including phenoxy) is 6.